The second-order valence-corrected chi connectivity index (χ2v) is 4.80. The standard InChI is InChI=1S/C12H16ClNO/c1-8(14-11-5-6-11)12(15)9-3-2-4-10(13)7-9/h3,7-8,11,14H,2,4-6H2,1H3. The van der Waals surface area contributed by atoms with Gasteiger partial charge in [-0.15, -0.1) is 0 Å². The third-order valence-electron chi connectivity index (χ3n) is 2.80. The van der Waals surface area contributed by atoms with Crippen LogP contribution >= 0.6 is 11.6 Å². The van der Waals surface area contributed by atoms with Crippen molar-refractivity contribution in [3.05, 3.63) is 22.8 Å². The maximum absolute atomic E-state index is 12.0. The van der Waals surface area contributed by atoms with Gasteiger partial charge in [0.2, 0.25) is 0 Å². The lowest BCUT2D eigenvalue weighted by molar-refractivity contribution is -0.116. The third-order valence-corrected chi connectivity index (χ3v) is 3.10. The average Bonchev–Trinajstić information content (AvgIpc) is 3.00. The predicted molar refractivity (Wildman–Crippen MR) is 61.9 cm³/mol. The molecule has 1 unspecified atom stereocenters. The van der Waals surface area contributed by atoms with Gasteiger partial charge in [0.05, 0.1) is 6.04 Å². The molecule has 0 bridgehead atoms. The van der Waals surface area contributed by atoms with Crippen molar-refractivity contribution in [2.24, 2.45) is 0 Å². The molecule has 1 N–H and O–H groups in total. The molecule has 1 atom stereocenters. The highest BCUT2D eigenvalue weighted by atomic mass is 35.5. The topological polar surface area (TPSA) is 29.1 Å². The van der Waals surface area contributed by atoms with Crippen molar-refractivity contribution in [3.8, 4) is 0 Å². The zero-order valence-electron chi connectivity index (χ0n) is 8.92. The number of allylic oxidation sites excluding steroid dienone is 3. The van der Waals surface area contributed by atoms with Gasteiger partial charge in [-0.05, 0) is 38.7 Å². The molecule has 82 valence electrons. The van der Waals surface area contributed by atoms with E-state index in [1.54, 1.807) is 6.08 Å². The maximum atomic E-state index is 12.0. The van der Waals surface area contributed by atoms with Crippen molar-refractivity contribution in [2.45, 2.75) is 44.7 Å². The summed E-state index contributed by atoms with van der Waals surface area (Å²) in [5, 5.41) is 4.09. The fourth-order valence-electron chi connectivity index (χ4n) is 1.77. The summed E-state index contributed by atoms with van der Waals surface area (Å²) >= 11 is 5.93. The van der Waals surface area contributed by atoms with Crippen LogP contribution in [0.15, 0.2) is 22.8 Å². The van der Waals surface area contributed by atoms with Crippen LogP contribution in [0.3, 0.4) is 0 Å². The van der Waals surface area contributed by atoms with Gasteiger partial charge in [0.1, 0.15) is 0 Å². The van der Waals surface area contributed by atoms with E-state index >= 15 is 0 Å². The number of halogens is 1. The van der Waals surface area contributed by atoms with Crippen LogP contribution in [-0.4, -0.2) is 17.9 Å². The van der Waals surface area contributed by atoms with E-state index in [-0.39, 0.29) is 11.8 Å². The Bertz CT molecular complexity index is 329. The third kappa shape index (κ3) is 2.93. The number of rotatable bonds is 4. The zero-order chi connectivity index (χ0) is 10.8. The van der Waals surface area contributed by atoms with Crippen molar-refractivity contribution < 1.29 is 4.79 Å². The lowest BCUT2D eigenvalue weighted by atomic mass is 9.99. The lowest BCUT2D eigenvalue weighted by Crippen LogP contribution is -2.36. The number of Topliss-reactive ketones (excluding diaryl/α,β-unsaturated/α-hetero) is 1. The Morgan fingerprint density at radius 3 is 2.93 bits per heavy atom. The molecule has 0 amide bonds. The Morgan fingerprint density at radius 1 is 1.60 bits per heavy atom. The van der Waals surface area contributed by atoms with Crippen LogP contribution in [0, 0.1) is 0 Å². The van der Waals surface area contributed by atoms with E-state index in [1.807, 2.05) is 13.0 Å². The number of hydrogen-bond acceptors (Lipinski definition) is 2. The van der Waals surface area contributed by atoms with Crippen molar-refractivity contribution >= 4 is 17.4 Å². The molecule has 3 heteroatoms. The highest BCUT2D eigenvalue weighted by Crippen LogP contribution is 2.23. The Hall–Kier alpha value is -0.600. The fraction of sp³-hybridized carbons (Fsp3) is 0.583. The van der Waals surface area contributed by atoms with Gasteiger partial charge in [0, 0.05) is 16.6 Å². The van der Waals surface area contributed by atoms with Gasteiger partial charge >= 0.3 is 0 Å². The normalized spacial score (nSPS) is 23.1. The lowest BCUT2D eigenvalue weighted by Gasteiger charge is -2.15. The number of hydrogen-bond donors (Lipinski definition) is 1. The van der Waals surface area contributed by atoms with Crippen LogP contribution in [0.5, 0.6) is 0 Å². The molecule has 2 aliphatic carbocycles. The summed E-state index contributed by atoms with van der Waals surface area (Å²) in [6, 6.07) is 0.482. The van der Waals surface area contributed by atoms with Crippen molar-refractivity contribution in [1.29, 1.82) is 0 Å². The van der Waals surface area contributed by atoms with Crippen LogP contribution < -0.4 is 5.32 Å². The summed E-state index contributed by atoms with van der Waals surface area (Å²) in [6.45, 7) is 1.93. The molecular formula is C12H16ClNO. The summed E-state index contributed by atoms with van der Waals surface area (Å²) in [7, 11) is 0. The van der Waals surface area contributed by atoms with Gasteiger partial charge in [-0.25, -0.2) is 0 Å². The van der Waals surface area contributed by atoms with E-state index in [9.17, 15) is 4.79 Å². The Kier molecular flexibility index (Phi) is 3.27. The minimum absolute atomic E-state index is 0.0810. The minimum atomic E-state index is -0.0810. The molecule has 0 heterocycles. The van der Waals surface area contributed by atoms with Gasteiger partial charge < -0.3 is 5.32 Å². The number of carbonyl (C=O) groups excluding carboxylic acids is 1. The number of carbonyl (C=O) groups is 1. The average molecular weight is 226 g/mol. The van der Waals surface area contributed by atoms with Gasteiger partial charge in [0.15, 0.2) is 5.78 Å². The minimum Gasteiger partial charge on any atom is -0.305 e. The molecular weight excluding hydrogens is 210 g/mol. The molecule has 0 aromatic heterocycles. The SMILES string of the molecule is CC(NC1CC1)C(=O)C1=CCCC(Cl)=C1. The fourth-order valence-corrected chi connectivity index (χ4v) is 1.99. The van der Waals surface area contributed by atoms with Crippen LogP contribution in [-0.2, 0) is 4.79 Å². The van der Waals surface area contributed by atoms with E-state index < -0.39 is 0 Å². The second kappa shape index (κ2) is 4.50. The largest absolute Gasteiger partial charge is 0.305 e. The van der Waals surface area contributed by atoms with Crippen molar-refractivity contribution in [1.82, 2.24) is 5.32 Å². The van der Waals surface area contributed by atoms with Crippen LogP contribution in [0.2, 0.25) is 0 Å². The van der Waals surface area contributed by atoms with Gasteiger partial charge in [-0.3, -0.25) is 4.79 Å². The monoisotopic (exact) mass is 225 g/mol. The first kappa shape index (κ1) is 10.9. The zero-order valence-corrected chi connectivity index (χ0v) is 9.68. The highest BCUT2D eigenvalue weighted by Gasteiger charge is 2.26. The van der Waals surface area contributed by atoms with Crippen LogP contribution in [0.25, 0.3) is 0 Å². The van der Waals surface area contributed by atoms with Crippen molar-refractivity contribution in [2.75, 3.05) is 0 Å². The molecule has 2 rings (SSSR count). The van der Waals surface area contributed by atoms with Gasteiger partial charge in [-0.2, -0.15) is 0 Å². The molecule has 0 spiro atoms. The summed E-state index contributed by atoms with van der Waals surface area (Å²) < 4.78 is 0. The smallest absolute Gasteiger partial charge is 0.179 e. The Labute approximate surface area is 95.4 Å². The molecule has 0 aromatic rings. The molecule has 0 aromatic carbocycles. The summed E-state index contributed by atoms with van der Waals surface area (Å²) in [4.78, 5) is 12.0. The maximum Gasteiger partial charge on any atom is 0.179 e. The molecule has 0 aliphatic heterocycles. The Balaban J connectivity index is 1.96. The number of ketones is 1. The van der Waals surface area contributed by atoms with E-state index in [2.05, 4.69) is 5.32 Å². The molecule has 0 radical (unpaired) electrons. The van der Waals surface area contributed by atoms with Gasteiger partial charge in [-0.1, -0.05) is 17.7 Å². The molecule has 0 saturated heterocycles. The van der Waals surface area contributed by atoms with Crippen molar-refractivity contribution in [3.63, 3.8) is 0 Å². The molecule has 2 nitrogen and oxygen atoms in total. The van der Waals surface area contributed by atoms with Crippen LogP contribution in [0.4, 0.5) is 0 Å². The highest BCUT2D eigenvalue weighted by molar-refractivity contribution is 6.30. The van der Waals surface area contributed by atoms with Crippen LogP contribution in [0.1, 0.15) is 32.6 Å². The molecule has 15 heavy (non-hydrogen) atoms. The second-order valence-electron chi connectivity index (χ2n) is 4.32. The quantitative estimate of drug-likeness (QED) is 0.797. The first-order chi connectivity index (χ1) is 7.16. The first-order valence-corrected chi connectivity index (χ1v) is 5.91. The first-order valence-electron chi connectivity index (χ1n) is 5.53. The predicted octanol–water partition coefficient (Wildman–Crippen LogP) is 2.54. The molecule has 1 fully saturated rings. The van der Waals surface area contributed by atoms with E-state index in [0.29, 0.717) is 6.04 Å². The van der Waals surface area contributed by atoms with E-state index in [0.717, 1.165) is 23.4 Å². The summed E-state index contributed by atoms with van der Waals surface area (Å²) in [5.41, 5.74) is 0.770. The number of nitrogens with one attached hydrogen (secondary N) is 1. The molecule has 1 saturated carbocycles. The van der Waals surface area contributed by atoms with Gasteiger partial charge in [0.25, 0.3) is 0 Å². The summed E-state index contributed by atoms with van der Waals surface area (Å²) in [5.74, 6) is 0.166. The summed E-state index contributed by atoms with van der Waals surface area (Å²) in [6.07, 6.45) is 7.94. The van der Waals surface area contributed by atoms with E-state index in [4.69, 9.17) is 11.6 Å². The molecule has 2 aliphatic rings. The van der Waals surface area contributed by atoms with E-state index in [1.165, 1.54) is 12.8 Å². The Morgan fingerprint density at radius 2 is 2.33 bits per heavy atom.